The Balaban J connectivity index is 1.36. The fourth-order valence-corrected chi connectivity index (χ4v) is 7.06. The summed E-state index contributed by atoms with van der Waals surface area (Å²) < 4.78 is 323. The summed E-state index contributed by atoms with van der Waals surface area (Å²) in [5, 5.41) is -4.14. The molecule has 3 heteroatoms. The number of hydrogen-bond acceptors (Lipinski definition) is 0. The van der Waals surface area contributed by atoms with Crippen molar-refractivity contribution in [1.29, 1.82) is 0 Å². The molecule has 0 amide bonds. The van der Waals surface area contributed by atoms with Crippen LogP contribution in [0.25, 0.3) is 105 Å². The van der Waals surface area contributed by atoms with Crippen LogP contribution < -0.4 is 0 Å². The molecule has 9 aromatic carbocycles. The Morgan fingerprint density at radius 1 is 0.263 bits per heavy atom. The third-order valence-corrected chi connectivity index (χ3v) is 9.34. The number of rotatable bonds is 5. The molecule has 0 spiro atoms. The molecule has 0 bridgehead atoms. The Hall–Kier alpha value is -7.62. The lowest BCUT2D eigenvalue weighted by Crippen LogP contribution is -2.01. The first-order chi connectivity index (χ1) is 42.9. The topological polar surface area (TPSA) is 14.8 Å². The first-order valence-electron chi connectivity index (χ1n) is 34.3. The summed E-state index contributed by atoms with van der Waals surface area (Å²) in [7, 11) is 0. The van der Waals surface area contributed by atoms with Crippen molar-refractivity contribution in [3.8, 4) is 39.3 Å². The van der Waals surface area contributed by atoms with Gasteiger partial charge in [-0.15, -0.1) is 0 Å². The van der Waals surface area contributed by atoms with Crippen molar-refractivity contribution in [1.82, 2.24) is 13.7 Å². The molecular formula is C54H35N3. The van der Waals surface area contributed by atoms with Crippen molar-refractivity contribution in [3.05, 3.63) is 211 Å². The Morgan fingerprint density at radius 3 is 1.04 bits per heavy atom. The Bertz CT molecular complexity index is 5350. The van der Waals surface area contributed by atoms with E-state index in [1.54, 1.807) is 0 Å². The van der Waals surface area contributed by atoms with E-state index in [4.69, 9.17) is 24.7 Å². The molecule has 0 radical (unpaired) electrons. The van der Waals surface area contributed by atoms with E-state index in [2.05, 4.69) is 0 Å². The second kappa shape index (κ2) is 12.5. The molecule has 0 atom stereocenters. The van der Waals surface area contributed by atoms with Gasteiger partial charge in [-0.2, -0.15) is 0 Å². The fraction of sp³-hybridized carbons (Fsp3) is 0. The third-order valence-electron chi connectivity index (χ3n) is 9.34. The molecule has 266 valence electrons. The van der Waals surface area contributed by atoms with Crippen LogP contribution in [-0.2, 0) is 0 Å². The summed E-state index contributed by atoms with van der Waals surface area (Å²) in [5.41, 5.74) is -11.5. The zero-order chi connectivity index (χ0) is 67.9. The summed E-state index contributed by atoms with van der Waals surface area (Å²) in [5.74, 6) is 0. The smallest absolute Gasteiger partial charge is 0.0652 e. The summed E-state index contributed by atoms with van der Waals surface area (Å²) in [6, 6.07) is -36.5. The van der Waals surface area contributed by atoms with Crippen LogP contribution in [0.1, 0.15) is 48.0 Å². The van der Waals surface area contributed by atoms with Gasteiger partial charge in [0.1, 0.15) is 0 Å². The number of fused-ring (bicyclic) bond motifs is 9. The van der Waals surface area contributed by atoms with Crippen LogP contribution in [0.4, 0.5) is 0 Å². The quantitative estimate of drug-likeness (QED) is 0.166. The highest BCUT2D eigenvalue weighted by atomic mass is 15.0. The summed E-state index contributed by atoms with van der Waals surface area (Å²) >= 11 is 0. The van der Waals surface area contributed by atoms with Crippen molar-refractivity contribution in [2.24, 2.45) is 0 Å². The average molecular weight is 761 g/mol. The minimum Gasteiger partial charge on any atom is -0.309 e. The van der Waals surface area contributed by atoms with E-state index in [-0.39, 0.29) is 0 Å². The predicted octanol–water partition coefficient (Wildman–Crippen LogP) is 14.3. The first-order valence-corrected chi connectivity index (χ1v) is 16.8. The zero-order valence-electron chi connectivity index (χ0n) is 63.3. The fourth-order valence-electron chi connectivity index (χ4n) is 7.06. The normalized spacial score (nSPS) is 20.5. The summed E-state index contributed by atoms with van der Waals surface area (Å²) in [6.07, 6.45) is 0. The third kappa shape index (κ3) is 4.73. The number of aromatic nitrogens is 3. The van der Waals surface area contributed by atoms with E-state index in [1.165, 1.54) is 0 Å². The lowest BCUT2D eigenvalue weighted by Gasteiger charge is -2.19. The van der Waals surface area contributed by atoms with Gasteiger partial charge in [0.05, 0.1) is 86.8 Å². The van der Waals surface area contributed by atoms with Crippen molar-refractivity contribution in [2.45, 2.75) is 0 Å². The van der Waals surface area contributed by atoms with E-state index in [1.807, 2.05) is 0 Å². The van der Waals surface area contributed by atoms with E-state index in [9.17, 15) is 23.3 Å². The van der Waals surface area contributed by atoms with Crippen molar-refractivity contribution in [2.75, 3.05) is 0 Å². The number of nitrogens with zero attached hydrogens (tertiary/aromatic N) is 3. The molecule has 0 aliphatic rings. The van der Waals surface area contributed by atoms with Gasteiger partial charge < -0.3 is 13.7 Å². The highest BCUT2D eigenvalue weighted by molar-refractivity contribution is 6.14. The van der Waals surface area contributed by atoms with Gasteiger partial charge in [-0.05, 0) is 71.6 Å². The second-order valence-electron chi connectivity index (χ2n) is 12.3. The average Bonchev–Trinajstić information content (AvgIpc) is 1.49. The zero-order valence-corrected chi connectivity index (χ0v) is 28.3. The number of hydrogen-bond donors (Lipinski definition) is 0. The standard InChI is InChI=1S/C54H35N3/c1-3-16-36(17-4-1)40-24-15-25-41(37-18-5-2-6-19-37)54(40)57-51-29-14-10-23-45(51)47-35-39(31-33-53(47)57)56-50-28-13-9-22-44(50)46-34-38(30-32-52(46)56)55-48-26-11-7-20-42(48)43-21-8-12-27-49(43)55/h1-35H/i1D,2D,3D,4D,5D,6D,7D,8D,9D,10D,11D,12D,13D,14D,15D,16D,17D,18D,19D,20D,21D,22D,23D,24D,25D,26D,27D,28D,29D,30D,31D,32D,33D,34D,35D. The Kier molecular flexibility index (Phi) is 2.78. The highest BCUT2D eigenvalue weighted by Gasteiger charge is 2.21. The van der Waals surface area contributed by atoms with Crippen LogP contribution in [0.5, 0.6) is 0 Å². The lowest BCUT2D eigenvalue weighted by molar-refractivity contribution is 1.16. The Morgan fingerprint density at radius 2 is 0.596 bits per heavy atom. The maximum Gasteiger partial charge on any atom is 0.0652 e. The van der Waals surface area contributed by atoms with Gasteiger partial charge in [0.2, 0.25) is 0 Å². The largest absolute Gasteiger partial charge is 0.309 e. The van der Waals surface area contributed by atoms with Crippen molar-refractivity contribution in [3.63, 3.8) is 0 Å². The number of benzene rings is 9. The van der Waals surface area contributed by atoms with Crippen LogP contribution in [0.15, 0.2) is 211 Å². The van der Waals surface area contributed by atoms with Crippen LogP contribution in [0.2, 0.25) is 0 Å². The van der Waals surface area contributed by atoms with E-state index in [0.717, 1.165) is 4.57 Å². The van der Waals surface area contributed by atoms with E-state index in [0.29, 0.717) is 9.13 Å². The molecule has 0 saturated heterocycles. The first kappa shape index (κ1) is 12.7. The van der Waals surface area contributed by atoms with Crippen LogP contribution in [0.3, 0.4) is 0 Å². The minimum atomic E-state index is -1.24. The van der Waals surface area contributed by atoms with Crippen LogP contribution >= 0.6 is 0 Å². The van der Waals surface area contributed by atoms with Crippen molar-refractivity contribution < 1.29 is 48.0 Å². The molecule has 0 fully saturated rings. The molecule has 12 rings (SSSR count). The van der Waals surface area contributed by atoms with Crippen LogP contribution in [-0.4, -0.2) is 13.7 Å². The van der Waals surface area contributed by atoms with Crippen molar-refractivity contribution >= 4 is 65.4 Å². The number of para-hydroxylation sites is 5. The maximum atomic E-state index is 10.4. The molecule has 3 nitrogen and oxygen atoms in total. The van der Waals surface area contributed by atoms with Gasteiger partial charge in [-0.25, -0.2) is 0 Å². The summed E-state index contributed by atoms with van der Waals surface area (Å²) in [6.45, 7) is 0. The molecule has 3 aromatic heterocycles. The molecule has 0 aliphatic heterocycles. The van der Waals surface area contributed by atoms with Crippen LogP contribution in [0, 0.1) is 0 Å². The predicted molar refractivity (Wildman–Crippen MR) is 240 cm³/mol. The molecule has 0 unspecified atom stereocenters. The molecule has 0 saturated carbocycles. The van der Waals surface area contributed by atoms with Gasteiger partial charge in [0.15, 0.2) is 0 Å². The van der Waals surface area contributed by atoms with Gasteiger partial charge in [0.25, 0.3) is 0 Å². The minimum absolute atomic E-state index is 0.520. The monoisotopic (exact) mass is 761 g/mol. The summed E-state index contributed by atoms with van der Waals surface area (Å²) in [4.78, 5) is 0. The van der Waals surface area contributed by atoms with Gasteiger partial charge in [-0.1, -0.05) is 151 Å². The molecule has 0 N–H and O–H groups in total. The van der Waals surface area contributed by atoms with Gasteiger partial charge in [0, 0.05) is 54.8 Å². The lowest BCUT2D eigenvalue weighted by atomic mass is 9.95. The molecule has 12 aromatic rings. The maximum absolute atomic E-state index is 10.4. The second-order valence-corrected chi connectivity index (χ2v) is 12.3. The highest BCUT2D eigenvalue weighted by Crippen LogP contribution is 2.43. The SMILES string of the molecule is [2H]c1c([2H])c([2H])c(-c2c([2H])c([2H])c([2H])c(-c3c([2H])c([2H])c([2H])c([2H])c3[2H])c2-n2c3c([2H])c([2H])c([2H])c([2H])c3c3c([2H])c(-n4c5c([2H])c([2H])c([2H])c([2H])c5c5c([2H])c(-n6c7c([2H])c([2H])c([2H])c([2H])c7c7c([2H])c([2H])c([2H])c([2H])c76)c([2H])c([2H])c54)c([2H])c([2H])c32)c([2H])c1[2H]. The Labute approximate surface area is 378 Å². The van der Waals surface area contributed by atoms with Gasteiger partial charge >= 0.3 is 0 Å². The molecule has 0 aliphatic carbocycles. The van der Waals surface area contributed by atoms with Gasteiger partial charge in [-0.3, -0.25) is 0 Å². The molecular weight excluding hydrogens is 691 g/mol. The van der Waals surface area contributed by atoms with E-state index >= 15 is 0 Å². The molecule has 57 heavy (non-hydrogen) atoms. The molecule has 3 heterocycles. The van der Waals surface area contributed by atoms with E-state index < -0.39 is 316 Å².